The lowest BCUT2D eigenvalue weighted by molar-refractivity contribution is -0.125. The fourth-order valence-corrected chi connectivity index (χ4v) is 5.49. The number of rotatable bonds is 6. The Morgan fingerprint density at radius 1 is 0.949 bits per heavy atom. The number of carbonyl (C=O) groups excluding carboxylic acids is 2. The Labute approximate surface area is 226 Å². The largest absolute Gasteiger partial charge is 0.354 e. The van der Waals surface area contributed by atoms with Crippen LogP contribution in [0.15, 0.2) is 97.1 Å². The number of hydrogen-bond acceptors (Lipinski definition) is 2. The number of aromatic amines is 1. The van der Waals surface area contributed by atoms with E-state index in [2.05, 4.69) is 47.6 Å². The highest BCUT2D eigenvalue weighted by Gasteiger charge is 2.44. The van der Waals surface area contributed by atoms with Crippen molar-refractivity contribution in [1.82, 2.24) is 15.2 Å². The molecule has 0 radical (unpaired) electrons. The lowest BCUT2D eigenvalue weighted by Gasteiger charge is -2.31. The molecule has 6 heteroatoms. The van der Waals surface area contributed by atoms with Crippen molar-refractivity contribution in [3.8, 4) is 11.3 Å². The third kappa shape index (κ3) is 4.38. The summed E-state index contributed by atoms with van der Waals surface area (Å²) < 4.78 is 13.3. The summed E-state index contributed by atoms with van der Waals surface area (Å²) in [5.41, 5.74) is 7.28. The molecule has 2 heterocycles. The minimum Gasteiger partial charge on any atom is -0.354 e. The Bertz CT molecular complexity index is 1690. The summed E-state index contributed by atoms with van der Waals surface area (Å²) in [6.45, 7) is 4.05. The van der Waals surface area contributed by atoms with E-state index in [1.807, 2.05) is 42.5 Å². The van der Waals surface area contributed by atoms with E-state index in [1.54, 1.807) is 24.0 Å². The van der Waals surface area contributed by atoms with Gasteiger partial charge >= 0.3 is 0 Å². The van der Waals surface area contributed by atoms with Crippen LogP contribution in [0.25, 0.3) is 22.2 Å². The number of hydrogen-bond donors (Lipinski definition) is 2. The number of carbonyl (C=O) groups is 2. The van der Waals surface area contributed by atoms with Crippen LogP contribution in [0.4, 0.5) is 4.39 Å². The van der Waals surface area contributed by atoms with Gasteiger partial charge in [-0.15, -0.1) is 0 Å². The van der Waals surface area contributed by atoms with Gasteiger partial charge in [-0.25, -0.2) is 4.39 Å². The van der Waals surface area contributed by atoms with Crippen molar-refractivity contribution in [2.75, 3.05) is 0 Å². The van der Waals surface area contributed by atoms with Gasteiger partial charge in [0.05, 0.1) is 11.7 Å². The van der Waals surface area contributed by atoms with E-state index >= 15 is 0 Å². The third-order valence-corrected chi connectivity index (χ3v) is 7.54. The van der Waals surface area contributed by atoms with Crippen molar-refractivity contribution >= 4 is 22.7 Å². The standard InChI is InChI=1S/C33H28FN3O2/c1-20-11-15-23(16-12-20)30-29(27-9-5-6-10-28(27)36-30)31-25-7-3-4-8-26(25)33(39)37(31)21(2)32(38)35-19-22-13-17-24(34)18-14-22/h3-18,21,31,36H,19H2,1-2H3,(H,35,38)/t21-,31+/m0/s1. The van der Waals surface area contributed by atoms with Crippen LogP contribution >= 0.6 is 0 Å². The Kier molecular flexibility index (Phi) is 6.23. The van der Waals surface area contributed by atoms with Crippen LogP contribution in [0.5, 0.6) is 0 Å². The van der Waals surface area contributed by atoms with Crippen molar-refractivity contribution in [1.29, 1.82) is 0 Å². The fraction of sp³-hybridized carbons (Fsp3) is 0.152. The number of halogens is 1. The maximum Gasteiger partial charge on any atom is 0.255 e. The molecule has 1 aromatic heterocycles. The number of aromatic nitrogens is 1. The zero-order valence-electron chi connectivity index (χ0n) is 21.7. The molecule has 39 heavy (non-hydrogen) atoms. The fourth-order valence-electron chi connectivity index (χ4n) is 5.49. The van der Waals surface area contributed by atoms with Crippen LogP contribution in [0, 0.1) is 12.7 Å². The molecule has 0 saturated heterocycles. The van der Waals surface area contributed by atoms with Gasteiger partial charge < -0.3 is 15.2 Å². The van der Waals surface area contributed by atoms with Crippen molar-refractivity contribution < 1.29 is 14.0 Å². The Balaban J connectivity index is 1.44. The van der Waals surface area contributed by atoms with E-state index < -0.39 is 12.1 Å². The van der Waals surface area contributed by atoms with Crippen LogP contribution in [-0.2, 0) is 11.3 Å². The molecule has 2 atom stereocenters. The number of nitrogens with zero attached hydrogens (tertiary/aromatic N) is 1. The van der Waals surface area contributed by atoms with Crippen molar-refractivity contribution in [3.63, 3.8) is 0 Å². The molecule has 4 aromatic carbocycles. The van der Waals surface area contributed by atoms with E-state index in [0.29, 0.717) is 5.56 Å². The smallest absolute Gasteiger partial charge is 0.255 e. The van der Waals surface area contributed by atoms with Gasteiger partial charge in [0.25, 0.3) is 5.91 Å². The number of nitrogens with one attached hydrogen (secondary N) is 2. The van der Waals surface area contributed by atoms with Gasteiger partial charge in [0.2, 0.25) is 5.91 Å². The Morgan fingerprint density at radius 3 is 2.41 bits per heavy atom. The predicted octanol–water partition coefficient (Wildman–Crippen LogP) is 6.53. The first kappa shape index (κ1) is 24.6. The van der Waals surface area contributed by atoms with Gasteiger partial charge in [-0.05, 0) is 54.8 Å². The van der Waals surface area contributed by atoms with Crippen LogP contribution in [-0.4, -0.2) is 27.7 Å². The SMILES string of the molecule is Cc1ccc(-c2[nH]c3ccccc3c2[C@H]2c3ccccc3C(=O)N2[C@@H](C)C(=O)NCc2ccc(F)cc2)cc1. The Hall–Kier alpha value is -4.71. The molecule has 0 unspecified atom stereocenters. The van der Waals surface area contributed by atoms with Crippen molar-refractivity contribution in [2.24, 2.45) is 0 Å². The molecular formula is C33H28FN3O2. The second kappa shape index (κ2) is 9.87. The van der Waals surface area contributed by atoms with Gasteiger partial charge in [-0.3, -0.25) is 9.59 Å². The minimum atomic E-state index is -0.755. The average Bonchev–Trinajstić information content (AvgIpc) is 3.47. The number of para-hydroxylation sites is 1. The van der Waals surface area contributed by atoms with Crippen molar-refractivity contribution in [2.45, 2.75) is 32.5 Å². The van der Waals surface area contributed by atoms with Gasteiger partial charge in [0.1, 0.15) is 11.9 Å². The molecular weight excluding hydrogens is 489 g/mol. The van der Waals surface area contributed by atoms with Crippen molar-refractivity contribution in [3.05, 3.63) is 131 Å². The lowest BCUT2D eigenvalue weighted by Crippen LogP contribution is -2.46. The van der Waals surface area contributed by atoms with Crippen LogP contribution in [0.3, 0.4) is 0 Å². The highest BCUT2D eigenvalue weighted by molar-refractivity contribution is 6.04. The molecule has 0 aliphatic carbocycles. The Morgan fingerprint density at radius 2 is 1.64 bits per heavy atom. The molecule has 0 bridgehead atoms. The molecule has 5 aromatic rings. The monoisotopic (exact) mass is 517 g/mol. The van der Waals surface area contributed by atoms with E-state index in [0.717, 1.165) is 44.4 Å². The maximum absolute atomic E-state index is 13.9. The highest BCUT2D eigenvalue weighted by Crippen LogP contribution is 2.46. The first-order valence-electron chi connectivity index (χ1n) is 13.0. The second-order valence-corrected chi connectivity index (χ2v) is 10.0. The topological polar surface area (TPSA) is 65.2 Å². The van der Waals surface area contributed by atoms with Gasteiger partial charge in [0.15, 0.2) is 0 Å². The number of benzene rings is 4. The summed E-state index contributed by atoms with van der Waals surface area (Å²) in [6.07, 6.45) is 0. The molecule has 0 spiro atoms. The normalized spacial score (nSPS) is 15.4. The van der Waals surface area contributed by atoms with Crippen LogP contribution in [0.2, 0.25) is 0 Å². The quantitative estimate of drug-likeness (QED) is 0.269. The molecule has 0 fully saturated rings. The number of fused-ring (bicyclic) bond motifs is 2. The van der Waals surface area contributed by atoms with Gasteiger partial charge in [0, 0.05) is 28.6 Å². The summed E-state index contributed by atoms with van der Waals surface area (Å²) in [4.78, 5) is 32.6. The predicted molar refractivity (Wildman–Crippen MR) is 151 cm³/mol. The third-order valence-electron chi connectivity index (χ3n) is 7.54. The molecule has 1 aliphatic heterocycles. The van der Waals surface area contributed by atoms with E-state index in [9.17, 15) is 14.0 Å². The molecule has 2 amide bonds. The number of amides is 2. The molecule has 0 saturated carbocycles. The summed E-state index contributed by atoms with van der Waals surface area (Å²) in [5.74, 6) is -0.785. The molecule has 1 aliphatic rings. The average molecular weight is 518 g/mol. The summed E-state index contributed by atoms with van der Waals surface area (Å²) in [7, 11) is 0. The van der Waals surface area contributed by atoms with Crippen LogP contribution in [0.1, 0.15) is 45.6 Å². The van der Waals surface area contributed by atoms with E-state index in [-0.39, 0.29) is 24.2 Å². The molecule has 5 nitrogen and oxygen atoms in total. The van der Waals surface area contributed by atoms with Crippen LogP contribution < -0.4 is 5.32 Å². The first-order valence-corrected chi connectivity index (χ1v) is 13.0. The zero-order valence-corrected chi connectivity index (χ0v) is 21.7. The van der Waals surface area contributed by atoms with E-state index in [1.165, 1.54) is 12.1 Å². The summed E-state index contributed by atoms with van der Waals surface area (Å²) >= 11 is 0. The second-order valence-electron chi connectivity index (χ2n) is 10.0. The number of aryl methyl sites for hydroxylation is 1. The molecule has 2 N–H and O–H groups in total. The zero-order chi connectivity index (χ0) is 27.1. The molecule has 194 valence electrons. The maximum atomic E-state index is 13.9. The summed E-state index contributed by atoms with van der Waals surface area (Å²) in [6, 6.07) is 28.7. The van der Waals surface area contributed by atoms with E-state index in [4.69, 9.17) is 0 Å². The highest BCUT2D eigenvalue weighted by atomic mass is 19.1. The van der Waals surface area contributed by atoms with Gasteiger partial charge in [-0.1, -0.05) is 78.4 Å². The minimum absolute atomic E-state index is 0.180. The lowest BCUT2D eigenvalue weighted by atomic mass is 9.92. The number of H-pyrrole nitrogens is 1. The van der Waals surface area contributed by atoms with Gasteiger partial charge in [-0.2, -0.15) is 0 Å². The first-order chi connectivity index (χ1) is 18.9. The summed E-state index contributed by atoms with van der Waals surface area (Å²) in [5, 5.41) is 3.94. The molecule has 6 rings (SSSR count).